The molecule has 0 bridgehead atoms. The van der Waals surface area contributed by atoms with E-state index in [1.54, 1.807) is 0 Å². The van der Waals surface area contributed by atoms with Gasteiger partial charge in [0.05, 0.1) is 18.2 Å². The molecule has 0 aromatic heterocycles. The van der Waals surface area contributed by atoms with E-state index in [0.29, 0.717) is 18.0 Å². The van der Waals surface area contributed by atoms with Gasteiger partial charge >= 0.3 is 5.97 Å². The predicted octanol–water partition coefficient (Wildman–Crippen LogP) is 1.78. The number of amidine groups is 1. The van der Waals surface area contributed by atoms with Gasteiger partial charge in [-0.2, -0.15) is 5.10 Å². The first-order chi connectivity index (χ1) is 11.2. The number of nitrogens with zero attached hydrogens (tertiary/aromatic N) is 2. The molecule has 128 valence electrons. The highest BCUT2D eigenvalue weighted by Crippen LogP contribution is 2.23. The lowest BCUT2D eigenvalue weighted by atomic mass is 10.2. The summed E-state index contributed by atoms with van der Waals surface area (Å²) >= 11 is 0.698. The molecule has 1 aromatic carbocycles. The standard InChI is InChI=1S/C12H6F5N3O3S/c13-6-3(7(14)9(16)10(17)8(6)15)2-18-20-12-19-11(23)4(24-12)1-5(21)22/h2,4H,1H2,(H,21,22)(H,19,20,23). The molecule has 1 aliphatic rings. The third kappa shape index (κ3) is 3.53. The van der Waals surface area contributed by atoms with Gasteiger partial charge in [-0.15, -0.1) is 5.10 Å². The second kappa shape index (κ2) is 6.95. The van der Waals surface area contributed by atoms with Crippen LogP contribution in [0.1, 0.15) is 12.0 Å². The molecule has 6 nitrogen and oxygen atoms in total. The summed E-state index contributed by atoms with van der Waals surface area (Å²) in [4.78, 5) is 21.9. The van der Waals surface area contributed by atoms with Crippen molar-refractivity contribution in [3.05, 3.63) is 34.6 Å². The molecule has 0 saturated carbocycles. The Morgan fingerprint density at radius 2 is 1.67 bits per heavy atom. The van der Waals surface area contributed by atoms with Crippen molar-refractivity contribution in [2.75, 3.05) is 0 Å². The monoisotopic (exact) mass is 367 g/mol. The summed E-state index contributed by atoms with van der Waals surface area (Å²) in [5, 5.41) is 16.1. The zero-order valence-electron chi connectivity index (χ0n) is 11.3. The van der Waals surface area contributed by atoms with Crippen molar-refractivity contribution in [3.8, 4) is 0 Å². The normalized spacial score (nSPS) is 19.3. The van der Waals surface area contributed by atoms with E-state index in [0.717, 1.165) is 0 Å². The van der Waals surface area contributed by atoms with Crippen molar-refractivity contribution in [2.24, 2.45) is 10.2 Å². The number of carbonyl (C=O) groups is 2. The average molecular weight is 367 g/mol. The van der Waals surface area contributed by atoms with Gasteiger partial charge in [-0.3, -0.25) is 9.59 Å². The zero-order valence-corrected chi connectivity index (χ0v) is 12.1. The second-order valence-electron chi connectivity index (χ2n) is 4.33. The molecule has 1 atom stereocenters. The highest BCUT2D eigenvalue weighted by atomic mass is 32.2. The Morgan fingerprint density at radius 3 is 2.21 bits per heavy atom. The number of carbonyl (C=O) groups excluding carboxylic acids is 1. The highest BCUT2D eigenvalue weighted by molar-refractivity contribution is 8.15. The molecule has 1 saturated heterocycles. The molecule has 1 aliphatic heterocycles. The molecule has 1 amide bonds. The smallest absolute Gasteiger partial charge is 0.305 e. The van der Waals surface area contributed by atoms with Crippen LogP contribution in [0.4, 0.5) is 22.0 Å². The summed E-state index contributed by atoms with van der Waals surface area (Å²) in [6.07, 6.45) is -0.197. The van der Waals surface area contributed by atoms with Gasteiger partial charge < -0.3 is 10.4 Å². The van der Waals surface area contributed by atoms with Gasteiger partial charge in [-0.25, -0.2) is 22.0 Å². The minimum atomic E-state index is -2.30. The first-order valence-corrected chi connectivity index (χ1v) is 6.92. The number of aliphatic carboxylic acids is 1. The Hall–Kier alpha value is -2.50. The van der Waals surface area contributed by atoms with E-state index < -0.39 is 58.2 Å². The molecule has 1 unspecified atom stereocenters. The van der Waals surface area contributed by atoms with Gasteiger partial charge in [0.15, 0.2) is 28.4 Å². The lowest BCUT2D eigenvalue weighted by Gasteiger charge is -2.03. The van der Waals surface area contributed by atoms with Crippen molar-refractivity contribution in [3.63, 3.8) is 0 Å². The van der Waals surface area contributed by atoms with E-state index >= 15 is 0 Å². The quantitative estimate of drug-likeness (QED) is 0.279. The maximum Gasteiger partial charge on any atom is 0.305 e. The van der Waals surface area contributed by atoms with E-state index in [1.807, 2.05) is 0 Å². The van der Waals surface area contributed by atoms with E-state index in [2.05, 4.69) is 15.5 Å². The molecule has 1 heterocycles. The molecule has 0 spiro atoms. The zero-order chi connectivity index (χ0) is 18.0. The number of thioether (sulfide) groups is 1. The predicted molar refractivity (Wildman–Crippen MR) is 73.0 cm³/mol. The largest absolute Gasteiger partial charge is 0.481 e. The SMILES string of the molecule is O=C(O)CC1SC(=NN=Cc2c(F)c(F)c(F)c(F)c2F)NC1=O. The number of amides is 1. The fraction of sp³-hybridized carbons (Fsp3) is 0.167. The van der Waals surface area contributed by atoms with E-state index in [1.165, 1.54) is 0 Å². The van der Waals surface area contributed by atoms with E-state index in [9.17, 15) is 31.5 Å². The van der Waals surface area contributed by atoms with Crippen LogP contribution < -0.4 is 5.32 Å². The Labute approximate surface area is 134 Å². The molecule has 0 aliphatic carbocycles. The molecule has 2 N–H and O–H groups in total. The third-order valence-electron chi connectivity index (χ3n) is 2.72. The van der Waals surface area contributed by atoms with Crippen molar-refractivity contribution in [1.82, 2.24) is 5.32 Å². The summed E-state index contributed by atoms with van der Waals surface area (Å²) < 4.78 is 65.6. The summed E-state index contributed by atoms with van der Waals surface area (Å²) in [6.45, 7) is 0. The van der Waals surface area contributed by atoms with Gasteiger partial charge in [-0.1, -0.05) is 11.8 Å². The Balaban J connectivity index is 2.21. The molecule has 1 aromatic rings. The highest BCUT2D eigenvalue weighted by Gasteiger charge is 2.32. The van der Waals surface area contributed by atoms with Crippen LogP contribution in [-0.4, -0.2) is 33.6 Å². The second-order valence-corrected chi connectivity index (χ2v) is 5.52. The van der Waals surface area contributed by atoms with E-state index in [4.69, 9.17) is 5.11 Å². The number of rotatable bonds is 4. The van der Waals surface area contributed by atoms with Crippen LogP contribution in [0.25, 0.3) is 0 Å². The van der Waals surface area contributed by atoms with E-state index in [-0.39, 0.29) is 5.17 Å². The lowest BCUT2D eigenvalue weighted by Crippen LogP contribution is -2.26. The first kappa shape index (κ1) is 17.8. The Kier molecular flexibility index (Phi) is 5.17. The summed E-state index contributed by atoms with van der Waals surface area (Å²) in [5.41, 5.74) is -1.30. The first-order valence-electron chi connectivity index (χ1n) is 6.04. The van der Waals surface area contributed by atoms with Gasteiger partial charge in [-0.05, 0) is 0 Å². The van der Waals surface area contributed by atoms with Crippen molar-refractivity contribution in [1.29, 1.82) is 0 Å². The Morgan fingerprint density at radius 1 is 1.12 bits per heavy atom. The maximum atomic E-state index is 13.4. The number of halogens is 5. The molecule has 0 radical (unpaired) electrons. The summed E-state index contributed by atoms with van der Waals surface area (Å²) in [5.74, 6) is -12.6. The lowest BCUT2D eigenvalue weighted by molar-refractivity contribution is -0.138. The van der Waals surface area contributed by atoms with Crippen LogP contribution in [0, 0.1) is 29.1 Å². The number of benzene rings is 1. The number of carboxylic acids is 1. The molecule has 12 heteroatoms. The van der Waals surface area contributed by atoms with Gasteiger partial charge in [0.1, 0.15) is 5.25 Å². The molecule has 2 rings (SSSR count). The van der Waals surface area contributed by atoms with Crippen LogP contribution >= 0.6 is 11.8 Å². The molecular weight excluding hydrogens is 361 g/mol. The third-order valence-corrected chi connectivity index (χ3v) is 3.79. The van der Waals surface area contributed by atoms with Crippen molar-refractivity contribution >= 4 is 35.0 Å². The topological polar surface area (TPSA) is 91.1 Å². The molecule has 24 heavy (non-hydrogen) atoms. The van der Waals surface area contributed by atoms with Crippen LogP contribution in [0.15, 0.2) is 10.2 Å². The van der Waals surface area contributed by atoms with Gasteiger partial charge in [0.2, 0.25) is 11.7 Å². The van der Waals surface area contributed by atoms with Crippen LogP contribution in [0.3, 0.4) is 0 Å². The Bertz CT molecular complexity index is 755. The van der Waals surface area contributed by atoms with Crippen LogP contribution in [0.2, 0.25) is 0 Å². The van der Waals surface area contributed by atoms with Crippen LogP contribution in [0.5, 0.6) is 0 Å². The fourth-order valence-corrected chi connectivity index (χ4v) is 2.53. The van der Waals surface area contributed by atoms with Gasteiger partial charge in [0, 0.05) is 0 Å². The number of carboxylic acid groups (broad SMARTS) is 1. The minimum Gasteiger partial charge on any atom is -0.481 e. The van der Waals surface area contributed by atoms with Crippen molar-refractivity contribution < 1.29 is 36.6 Å². The number of hydrogen-bond acceptors (Lipinski definition) is 5. The van der Waals surface area contributed by atoms with Crippen molar-refractivity contribution in [2.45, 2.75) is 11.7 Å². The summed E-state index contributed by atoms with van der Waals surface area (Å²) in [6, 6.07) is 0. The fourth-order valence-electron chi connectivity index (χ4n) is 1.62. The molecular formula is C12H6F5N3O3S. The van der Waals surface area contributed by atoms with Crippen LogP contribution in [-0.2, 0) is 9.59 Å². The molecule has 1 fully saturated rings. The van der Waals surface area contributed by atoms with Gasteiger partial charge in [0.25, 0.3) is 0 Å². The number of nitrogens with one attached hydrogen (secondary N) is 1. The summed E-state index contributed by atoms with van der Waals surface area (Å²) in [7, 11) is 0. The number of hydrogen-bond donors (Lipinski definition) is 2. The maximum absolute atomic E-state index is 13.4. The average Bonchev–Trinajstić information content (AvgIpc) is 2.86. The minimum absolute atomic E-state index is 0.175.